The van der Waals surface area contributed by atoms with Crippen molar-refractivity contribution in [2.45, 2.75) is 231 Å². The largest absolute Gasteiger partial charge is 0.506 e. The first kappa shape index (κ1) is 45.8. The molecule has 0 radical (unpaired) electrons. The molecule has 6 heteroatoms. The Kier molecular flexibility index (Phi) is 8.60. The van der Waals surface area contributed by atoms with Crippen molar-refractivity contribution in [3.8, 4) is 34.5 Å². The van der Waals surface area contributed by atoms with Crippen LogP contribution < -0.4 is 20.9 Å². The Morgan fingerprint density at radius 3 is 0.792 bits per heavy atom. The van der Waals surface area contributed by atoms with Gasteiger partial charge in [0.25, 0.3) is 0 Å². The summed E-state index contributed by atoms with van der Waals surface area (Å²) in [7, 11) is 0. The number of hydrogen-bond acceptors (Lipinski definition) is 6. The maximum atomic E-state index is 11.8. The van der Waals surface area contributed by atoms with E-state index >= 15 is 0 Å². The lowest BCUT2D eigenvalue weighted by Crippen LogP contribution is -2.59. The Balaban J connectivity index is 0.963. The van der Waals surface area contributed by atoms with Crippen LogP contribution in [0.2, 0.25) is 0 Å². The number of phenols is 2. The molecule has 19 rings (SSSR count). The first-order valence-electron chi connectivity index (χ1n) is 29.4. The normalized spacial score (nSPS) is 50.3. The van der Waals surface area contributed by atoms with Crippen LogP contribution in [0.5, 0.6) is 34.5 Å². The molecule has 16 aliphatic carbocycles. The van der Waals surface area contributed by atoms with Crippen LogP contribution in [0.3, 0.4) is 0 Å². The highest BCUT2D eigenvalue weighted by Gasteiger charge is 2.66. The number of nitrogens with two attached hydrogens (primary N) is 2. The Morgan fingerprint density at radius 1 is 0.319 bits per heavy atom. The molecule has 0 heterocycles. The van der Waals surface area contributed by atoms with E-state index in [1.807, 2.05) is 12.1 Å². The number of rotatable bonds is 8. The molecule has 0 amide bonds. The monoisotopic (exact) mass is 973 g/mol. The molecule has 0 spiro atoms. The molecule has 16 saturated carbocycles. The maximum Gasteiger partial charge on any atom is 0.170 e. The number of benzene rings is 3. The minimum absolute atomic E-state index is 0.0456. The van der Waals surface area contributed by atoms with Gasteiger partial charge in [-0.2, -0.15) is 0 Å². The molecule has 72 heavy (non-hydrogen) atoms. The van der Waals surface area contributed by atoms with E-state index in [1.54, 1.807) is 11.1 Å². The van der Waals surface area contributed by atoms with Gasteiger partial charge in [-0.3, -0.25) is 0 Å². The van der Waals surface area contributed by atoms with Crippen LogP contribution in [0.4, 0.5) is 11.4 Å². The molecule has 0 saturated heterocycles. The van der Waals surface area contributed by atoms with E-state index in [-0.39, 0.29) is 54.8 Å². The number of ether oxygens (including phenoxy) is 2. The molecule has 16 fully saturated rings. The zero-order valence-electron chi connectivity index (χ0n) is 45.6. The highest BCUT2D eigenvalue weighted by Crippen LogP contribution is 2.76. The van der Waals surface area contributed by atoms with Gasteiger partial charge < -0.3 is 31.2 Å². The average molecular weight is 973 g/mol. The average Bonchev–Trinajstić information content (AvgIpc) is 3.18. The number of phenolic OH excluding ortho intramolecular Hbond substituents is 2. The van der Waals surface area contributed by atoms with Crippen LogP contribution >= 0.6 is 0 Å². The standard InChI is InChI=1S/C66H88N2O4/c1-55-15-39-16-56(2,27-55)32-63(23-39,31-55)43-11-53(71-51-13-49(69)47(67)9-45(51)65-25-41-19-59(5,35-65)29-60(6,20-41)36-65)54(12-44(43)64-24-40-17-57(3,33-64)28-58(4,18-40)34-64)72-52-14-50(70)48(68)10-46(52)66-26-42-21-61(7,37-66)30-62(8,22-42)38-66/h9-14,39-42,69-70H,15-38,67-68H2,1-8H3. The Bertz CT molecular complexity index is 2630. The van der Waals surface area contributed by atoms with E-state index in [4.69, 9.17) is 20.9 Å². The van der Waals surface area contributed by atoms with Crippen molar-refractivity contribution in [1.82, 2.24) is 0 Å². The summed E-state index contributed by atoms with van der Waals surface area (Å²) in [6, 6.07) is 13.1. The fraction of sp³-hybridized carbons (Fsp3) is 0.727. The topological polar surface area (TPSA) is 111 Å². The summed E-state index contributed by atoms with van der Waals surface area (Å²) in [5.74, 6) is 5.97. The fourth-order valence-corrected chi connectivity index (χ4v) is 27.0. The summed E-state index contributed by atoms with van der Waals surface area (Å²) in [5, 5.41) is 23.5. The highest BCUT2D eigenvalue weighted by molar-refractivity contribution is 5.65. The smallest absolute Gasteiger partial charge is 0.170 e. The minimum Gasteiger partial charge on any atom is -0.506 e. The molecule has 16 aliphatic rings. The van der Waals surface area contributed by atoms with Crippen LogP contribution in [0, 0.1) is 67.0 Å². The lowest BCUT2D eigenvalue weighted by molar-refractivity contribution is -0.118. The number of hydrogen-bond donors (Lipinski definition) is 4. The molecule has 8 unspecified atom stereocenters. The molecule has 3 aromatic carbocycles. The number of anilines is 2. The molecular formula is C66H88N2O4. The fourth-order valence-electron chi connectivity index (χ4n) is 27.0. The van der Waals surface area contributed by atoms with Crippen molar-refractivity contribution in [3.05, 3.63) is 58.7 Å². The zero-order chi connectivity index (χ0) is 49.9. The predicted octanol–water partition coefficient (Wildman–Crippen LogP) is 16.8. The van der Waals surface area contributed by atoms with Crippen molar-refractivity contribution < 1.29 is 19.7 Å². The van der Waals surface area contributed by atoms with Crippen molar-refractivity contribution in [2.75, 3.05) is 11.5 Å². The molecule has 16 bridgehead atoms. The van der Waals surface area contributed by atoms with Gasteiger partial charge in [0.2, 0.25) is 0 Å². The quantitative estimate of drug-likeness (QED) is 0.132. The SMILES string of the molecule is CC12CC3CC(C)(C1)CC(c1cc(N)c(O)cc1Oc1cc(C45CC6CC(C)(CC(C)(C6)C4)C5)c(C45CC6CC(C)(CC(C)(C6)C4)C5)cc1Oc1cc(O)c(N)cc1C14CC5CC(C)(CC(C)(C5)C1)C4)(C3)C2. The number of nitrogen functional groups attached to an aromatic ring is 2. The van der Waals surface area contributed by atoms with Gasteiger partial charge in [0.05, 0.1) is 11.4 Å². The van der Waals surface area contributed by atoms with Crippen molar-refractivity contribution in [1.29, 1.82) is 0 Å². The predicted molar refractivity (Wildman–Crippen MR) is 288 cm³/mol. The summed E-state index contributed by atoms with van der Waals surface area (Å²) < 4.78 is 15.6. The van der Waals surface area contributed by atoms with Crippen molar-refractivity contribution in [3.63, 3.8) is 0 Å². The van der Waals surface area contributed by atoms with Crippen LogP contribution in [0.1, 0.15) is 232 Å². The lowest BCUT2D eigenvalue weighted by atomic mass is 9.36. The third-order valence-corrected chi connectivity index (χ3v) is 24.6. The van der Waals surface area contributed by atoms with E-state index in [0.29, 0.717) is 44.9 Å². The second kappa shape index (κ2) is 13.5. The third-order valence-electron chi connectivity index (χ3n) is 24.6. The molecular weight excluding hydrogens is 885 g/mol. The summed E-state index contributed by atoms with van der Waals surface area (Å²) in [4.78, 5) is 0. The number of aromatic hydroxyl groups is 2. The van der Waals surface area contributed by atoms with Gasteiger partial charge >= 0.3 is 0 Å². The molecule has 0 aromatic heterocycles. The van der Waals surface area contributed by atoms with E-state index in [9.17, 15) is 10.2 Å². The van der Waals surface area contributed by atoms with Gasteiger partial charge in [-0.25, -0.2) is 0 Å². The summed E-state index contributed by atoms with van der Waals surface area (Å²) in [5.41, 5.74) is 22.3. The van der Waals surface area contributed by atoms with E-state index in [1.165, 1.54) is 127 Å². The Hall–Kier alpha value is -3.54. The van der Waals surface area contributed by atoms with Crippen LogP contribution in [0.25, 0.3) is 0 Å². The Morgan fingerprint density at radius 2 is 0.556 bits per heavy atom. The summed E-state index contributed by atoms with van der Waals surface area (Å²) in [6.45, 7) is 20.8. The first-order chi connectivity index (χ1) is 33.6. The van der Waals surface area contributed by atoms with Crippen LogP contribution in [-0.2, 0) is 21.7 Å². The van der Waals surface area contributed by atoms with Gasteiger partial charge in [0, 0.05) is 34.1 Å². The maximum absolute atomic E-state index is 11.8. The lowest BCUT2D eigenvalue weighted by Gasteiger charge is -2.68. The molecule has 386 valence electrons. The molecule has 6 nitrogen and oxygen atoms in total. The van der Waals surface area contributed by atoms with Gasteiger partial charge in [-0.1, -0.05) is 55.4 Å². The van der Waals surface area contributed by atoms with Crippen LogP contribution in [0.15, 0.2) is 36.4 Å². The molecule has 6 N–H and O–H groups in total. The highest BCUT2D eigenvalue weighted by atomic mass is 16.5. The van der Waals surface area contributed by atoms with Gasteiger partial charge in [0.1, 0.15) is 23.0 Å². The van der Waals surface area contributed by atoms with Crippen LogP contribution in [-0.4, -0.2) is 10.2 Å². The van der Waals surface area contributed by atoms with E-state index < -0.39 is 0 Å². The van der Waals surface area contributed by atoms with E-state index in [0.717, 1.165) is 73.4 Å². The molecule has 8 atom stereocenters. The van der Waals surface area contributed by atoms with Crippen molar-refractivity contribution >= 4 is 11.4 Å². The first-order valence-corrected chi connectivity index (χ1v) is 29.4. The minimum atomic E-state index is -0.0856. The zero-order valence-corrected chi connectivity index (χ0v) is 45.6. The van der Waals surface area contributed by atoms with Gasteiger partial charge in [-0.15, -0.1) is 0 Å². The second-order valence-corrected chi connectivity index (χ2v) is 33.5. The van der Waals surface area contributed by atoms with Gasteiger partial charge in [-0.05, 0) is 267 Å². The summed E-state index contributed by atoms with van der Waals surface area (Å²) >= 11 is 0. The van der Waals surface area contributed by atoms with E-state index in [2.05, 4.69) is 79.7 Å². The van der Waals surface area contributed by atoms with Crippen molar-refractivity contribution in [2.24, 2.45) is 67.0 Å². The second-order valence-electron chi connectivity index (χ2n) is 33.5. The molecule has 0 aliphatic heterocycles. The third kappa shape index (κ3) is 6.55. The summed E-state index contributed by atoms with van der Waals surface area (Å²) in [6.07, 6.45) is 30.1. The molecule has 3 aromatic rings. The van der Waals surface area contributed by atoms with Gasteiger partial charge in [0.15, 0.2) is 11.5 Å². The Labute approximate surface area is 431 Å².